The zero-order valence-electron chi connectivity index (χ0n) is 14.5. The Balaban J connectivity index is 1.52. The van der Waals surface area contributed by atoms with E-state index in [2.05, 4.69) is 22.3 Å². The Morgan fingerprint density at radius 1 is 1.40 bits per heavy atom. The minimum Gasteiger partial charge on any atom is -0.359 e. The van der Waals surface area contributed by atoms with Gasteiger partial charge in [-0.3, -0.25) is 9.69 Å². The van der Waals surface area contributed by atoms with Gasteiger partial charge in [-0.1, -0.05) is 42.2 Å². The van der Waals surface area contributed by atoms with Crippen molar-refractivity contribution < 1.29 is 9.32 Å². The zero-order valence-corrected chi connectivity index (χ0v) is 15.3. The molecule has 0 aliphatic carbocycles. The van der Waals surface area contributed by atoms with Gasteiger partial charge in [-0.2, -0.15) is 0 Å². The van der Waals surface area contributed by atoms with Gasteiger partial charge < -0.3 is 9.84 Å². The van der Waals surface area contributed by atoms with Crippen LogP contribution in [0.1, 0.15) is 38.4 Å². The molecule has 0 saturated carbocycles. The number of piperidine rings is 1. The number of benzene rings is 1. The molecular formula is C19H24ClN3O2. The molecule has 5 nitrogen and oxygen atoms in total. The molecule has 1 amide bonds. The van der Waals surface area contributed by atoms with E-state index in [1.807, 2.05) is 30.3 Å². The first-order chi connectivity index (χ1) is 12.2. The van der Waals surface area contributed by atoms with E-state index >= 15 is 0 Å². The molecule has 3 rings (SSSR count). The quantitative estimate of drug-likeness (QED) is 0.848. The van der Waals surface area contributed by atoms with E-state index in [0.29, 0.717) is 35.6 Å². The molecule has 25 heavy (non-hydrogen) atoms. The van der Waals surface area contributed by atoms with Crippen LogP contribution in [0.15, 0.2) is 34.9 Å². The molecule has 134 valence electrons. The zero-order chi connectivity index (χ0) is 17.6. The van der Waals surface area contributed by atoms with Crippen LogP contribution >= 0.6 is 11.6 Å². The molecule has 1 atom stereocenters. The number of halogens is 1. The number of carbonyl (C=O) groups is 1. The molecule has 1 aromatic heterocycles. The molecule has 1 N–H and O–H groups in total. The number of amides is 1. The third kappa shape index (κ3) is 4.83. The molecule has 0 unspecified atom stereocenters. The summed E-state index contributed by atoms with van der Waals surface area (Å²) in [7, 11) is 0. The van der Waals surface area contributed by atoms with Crippen LogP contribution in [-0.4, -0.2) is 35.1 Å². The van der Waals surface area contributed by atoms with Crippen molar-refractivity contribution in [2.24, 2.45) is 0 Å². The van der Waals surface area contributed by atoms with Crippen molar-refractivity contribution in [2.45, 2.75) is 45.2 Å². The summed E-state index contributed by atoms with van der Waals surface area (Å²) in [6.07, 6.45) is 4.73. The Morgan fingerprint density at radius 3 is 3.08 bits per heavy atom. The van der Waals surface area contributed by atoms with Gasteiger partial charge in [0.15, 0.2) is 5.76 Å². The lowest BCUT2D eigenvalue weighted by molar-refractivity contribution is -0.123. The van der Waals surface area contributed by atoms with Crippen LogP contribution < -0.4 is 5.32 Å². The lowest BCUT2D eigenvalue weighted by Crippen LogP contribution is -2.45. The molecular weight excluding hydrogens is 338 g/mol. The second-order valence-corrected chi connectivity index (χ2v) is 6.93. The SMILES string of the molecule is CC[C@H]1CCCCN1CC(=O)NCc1cc(-c2cccc(Cl)c2)no1. The molecule has 1 aliphatic rings. The number of hydrogen-bond acceptors (Lipinski definition) is 4. The number of carbonyl (C=O) groups excluding carboxylic acids is 1. The van der Waals surface area contributed by atoms with Crippen molar-refractivity contribution in [3.63, 3.8) is 0 Å². The summed E-state index contributed by atoms with van der Waals surface area (Å²) in [5, 5.41) is 7.63. The Hall–Kier alpha value is -1.85. The average Bonchev–Trinajstić information content (AvgIpc) is 3.09. The number of likely N-dealkylation sites (tertiary alicyclic amines) is 1. The smallest absolute Gasteiger partial charge is 0.234 e. The summed E-state index contributed by atoms with van der Waals surface area (Å²) < 4.78 is 5.32. The minimum atomic E-state index is 0.0288. The lowest BCUT2D eigenvalue weighted by atomic mass is 10.0. The average molecular weight is 362 g/mol. The largest absolute Gasteiger partial charge is 0.359 e. The highest BCUT2D eigenvalue weighted by atomic mass is 35.5. The number of nitrogens with zero attached hydrogens (tertiary/aromatic N) is 2. The van der Waals surface area contributed by atoms with Gasteiger partial charge in [0.25, 0.3) is 0 Å². The summed E-state index contributed by atoms with van der Waals surface area (Å²) in [6.45, 7) is 3.99. The molecule has 1 aromatic carbocycles. The minimum absolute atomic E-state index is 0.0288. The summed E-state index contributed by atoms with van der Waals surface area (Å²) in [5.74, 6) is 0.662. The van der Waals surface area contributed by atoms with Gasteiger partial charge in [0.1, 0.15) is 5.69 Å². The first-order valence-electron chi connectivity index (χ1n) is 8.88. The maximum Gasteiger partial charge on any atom is 0.234 e. The van der Waals surface area contributed by atoms with Crippen LogP contribution in [0.2, 0.25) is 5.02 Å². The molecule has 1 aliphatic heterocycles. The molecule has 2 heterocycles. The van der Waals surface area contributed by atoms with E-state index in [1.165, 1.54) is 19.3 Å². The summed E-state index contributed by atoms with van der Waals surface area (Å²) in [5.41, 5.74) is 1.61. The van der Waals surface area contributed by atoms with Crippen molar-refractivity contribution in [3.8, 4) is 11.3 Å². The van der Waals surface area contributed by atoms with E-state index in [0.717, 1.165) is 18.5 Å². The van der Waals surface area contributed by atoms with E-state index in [4.69, 9.17) is 16.1 Å². The van der Waals surface area contributed by atoms with Gasteiger partial charge in [-0.25, -0.2) is 0 Å². The molecule has 2 aromatic rings. The second kappa shape index (κ2) is 8.50. The van der Waals surface area contributed by atoms with Crippen LogP contribution in [0.25, 0.3) is 11.3 Å². The number of nitrogens with one attached hydrogen (secondary N) is 1. The number of aromatic nitrogens is 1. The number of rotatable bonds is 6. The van der Waals surface area contributed by atoms with Gasteiger partial charge in [-0.05, 0) is 37.9 Å². The second-order valence-electron chi connectivity index (χ2n) is 6.49. The first-order valence-corrected chi connectivity index (χ1v) is 9.26. The van der Waals surface area contributed by atoms with E-state index < -0.39 is 0 Å². The molecule has 0 spiro atoms. The van der Waals surface area contributed by atoms with Crippen LogP contribution in [0.5, 0.6) is 0 Å². The van der Waals surface area contributed by atoms with Gasteiger partial charge in [-0.15, -0.1) is 0 Å². The molecule has 1 saturated heterocycles. The molecule has 0 bridgehead atoms. The van der Waals surface area contributed by atoms with Crippen LogP contribution in [0.4, 0.5) is 0 Å². The summed E-state index contributed by atoms with van der Waals surface area (Å²) in [4.78, 5) is 14.5. The Morgan fingerprint density at radius 2 is 2.28 bits per heavy atom. The van der Waals surface area contributed by atoms with Crippen molar-refractivity contribution >= 4 is 17.5 Å². The fraction of sp³-hybridized carbons (Fsp3) is 0.474. The van der Waals surface area contributed by atoms with Gasteiger partial charge in [0.2, 0.25) is 5.91 Å². The fourth-order valence-corrected chi connectivity index (χ4v) is 3.53. The molecule has 1 fully saturated rings. The van der Waals surface area contributed by atoms with Crippen molar-refractivity contribution in [1.82, 2.24) is 15.4 Å². The Bertz CT molecular complexity index is 716. The van der Waals surface area contributed by atoms with E-state index in [-0.39, 0.29) is 5.91 Å². The maximum absolute atomic E-state index is 12.2. The number of hydrogen-bond donors (Lipinski definition) is 1. The predicted molar refractivity (Wildman–Crippen MR) is 98.3 cm³/mol. The van der Waals surface area contributed by atoms with Crippen LogP contribution in [0.3, 0.4) is 0 Å². The van der Waals surface area contributed by atoms with E-state index in [1.54, 1.807) is 0 Å². The standard InChI is InChI=1S/C19H24ClN3O2/c1-2-16-8-3-4-9-23(16)13-19(24)21-12-17-11-18(22-25-17)14-6-5-7-15(20)10-14/h5-7,10-11,16H,2-4,8-9,12-13H2,1H3,(H,21,24)/t16-/m0/s1. The third-order valence-electron chi connectivity index (χ3n) is 4.71. The van der Waals surface area contributed by atoms with Crippen LogP contribution in [0, 0.1) is 0 Å². The molecule has 0 radical (unpaired) electrons. The van der Waals surface area contributed by atoms with Crippen molar-refractivity contribution in [2.75, 3.05) is 13.1 Å². The normalized spacial score (nSPS) is 18.2. The lowest BCUT2D eigenvalue weighted by Gasteiger charge is -2.34. The Labute approximate surface area is 153 Å². The maximum atomic E-state index is 12.2. The third-order valence-corrected chi connectivity index (χ3v) is 4.94. The monoisotopic (exact) mass is 361 g/mol. The fourth-order valence-electron chi connectivity index (χ4n) is 3.34. The summed E-state index contributed by atoms with van der Waals surface area (Å²) in [6, 6.07) is 9.81. The first kappa shape index (κ1) is 18.0. The van der Waals surface area contributed by atoms with Crippen molar-refractivity contribution in [1.29, 1.82) is 0 Å². The van der Waals surface area contributed by atoms with E-state index in [9.17, 15) is 4.79 Å². The topological polar surface area (TPSA) is 58.4 Å². The summed E-state index contributed by atoms with van der Waals surface area (Å²) >= 11 is 6.00. The highest BCUT2D eigenvalue weighted by molar-refractivity contribution is 6.30. The van der Waals surface area contributed by atoms with Gasteiger partial charge >= 0.3 is 0 Å². The van der Waals surface area contributed by atoms with Crippen molar-refractivity contribution in [3.05, 3.63) is 41.1 Å². The predicted octanol–water partition coefficient (Wildman–Crippen LogP) is 3.88. The highest BCUT2D eigenvalue weighted by Gasteiger charge is 2.22. The molecule has 6 heteroatoms. The Kier molecular flexibility index (Phi) is 6.10. The highest BCUT2D eigenvalue weighted by Crippen LogP contribution is 2.22. The van der Waals surface area contributed by atoms with Gasteiger partial charge in [0.05, 0.1) is 13.1 Å². The van der Waals surface area contributed by atoms with Gasteiger partial charge in [0, 0.05) is 22.7 Å². The van der Waals surface area contributed by atoms with Crippen LogP contribution in [-0.2, 0) is 11.3 Å².